The van der Waals surface area contributed by atoms with E-state index >= 15 is 0 Å². The fraction of sp³-hybridized carbons (Fsp3) is 0.636. The Bertz CT molecular complexity index is 636. The predicted molar refractivity (Wildman–Crippen MR) is 108 cm³/mol. The lowest BCUT2D eigenvalue weighted by Crippen LogP contribution is -2.47. The van der Waals surface area contributed by atoms with Gasteiger partial charge in [-0.15, -0.1) is 0 Å². The molecule has 0 spiro atoms. The first-order valence-corrected chi connectivity index (χ1v) is 10.2. The van der Waals surface area contributed by atoms with Crippen molar-refractivity contribution in [3.8, 4) is 5.75 Å². The van der Waals surface area contributed by atoms with Crippen molar-refractivity contribution in [2.24, 2.45) is 5.92 Å². The number of nitrogens with one attached hydrogen (secondary N) is 1. The van der Waals surface area contributed by atoms with E-state index in [4.69, 9.17) is 4.74 Å². The Balaban J connectivity index is 1.80. The largest absolute Gasteiger partial charge is 0.481 e. The maximum absolute atomic E-state index is 12.7. The lowest BCUT2D eigenvalue weighted by atomic mass is 9.95. The van der Waals surface area contributed by atoms with Gasteiger partial charge in [-0.3, -0.25) is 9.59 Å². The van der Waals surface area contributed by atoms with Gasteiger partial charge in [0.05, 0.1) is 0 Å². The summed E-state index contributed by atoms with van der Waals surface area (Å²) in [7, 11) is 0. The summed E-state index contributed by atoms with van der Waals surface area (Å²) in [5.41, 5.74) is 2.22. The first-order chi connectivity index (χ1) is 12.9. The van der Waals surface area contributed by atoms with Crippen LogP contribution in [0, 0.1) is 19.8 Å². The maximum Gasteiger partial charge on any atom is 0.263 e. The van der Waals surface area contributed by atoms with Gasteiger partial charge in [0.1, 0.15) is 5.75 Å². The van der Waals surface area contributed by atoms with Crippen molar-refractivity contribution in [2.75, 3.05) is 19.6 Å². The topological polar surface area (TPSA) is 58.6 Å². The number of hydrogen-bond donors (Lipinski definition) is 1. The molecular formula is C22H34N2O3. The molecule has 0 saturated carbocycles. The minimum Gasteiger partial charge on any atom is -0.481 e. The van der Waals surface area contributed by atoms with Crippen LogP contribution in [0.3, 0.4) is 0 Å². The van der Waals surface area contributed by atoms with Gasteiger partial charge in [-0.25, -0.2) is 0 Å². The highest BCUT2D eigenvalue weighted by molar-refractivity contribution is 5.82. The van der Waals surface area contributed by atoms with Gasteiger partial charge >= 0.3 is 0 Å². The van der Waals surface area contributed by atoms with E-state index in [9.17, 15) is 9.59 Å². The summed E-state index contributed by atoms with van der Waals surface area (Å²) in [6.07, 6.45) is 4.25. The van der Waals surface area contributed by atoms with Crippen molar-refractivity contribution in [2.45, 2.75) is 65.9 Å². The number of rotatable bonds is 8. The van der Waals surface area contributed by atoms with Crippen molar-refractivity contribution in [3.63, 3.8) is 0 Å². The first-order valence-electron chi connectivity index (χ1n) is 10.2. The van der Waals surface area contributed by atoms with Crippen LogP contribution in [0.5, 0.6) is 5.75 Å². The second kappa shape index (κ2) is 10.3. The van der Waals surface area contributed by atoms with Gasteiger partial charge in [-0.05, 0) is 57.2 Å². The number of hydrogen-bond acceptors (Lipinski definition) is 3. The highest BCUT2D eigenvalue weighted by atomic mass is 16.5. The molecule has 1 saturated heterocycles. The van der Waals surface area contributed by atoms with Gasteiger partial charge in [-0.2, -0.15) is 0 Å². The van der Waals surface area contributed by atoms with Gasteiger partial charge in [0.15, 0.2) is 6.10 Å². The zero-order valence-electron chi connectivity index (χ0n) is 17.2. The zero-order valence-corrected chi connectivity index (χ0v) is 17.2. The number of carbonyl (C=O) groups excluding carboxylic acids is 2. The monoisotopic (exact) mass is 374 g/mol. The SMILES string of the molecule is CCCCCNC(=O)C1CCN(C(=O)[C@H](C)Oc2cccc(C)c2C)CC1. The molecule has 1 fully saturated rings. The normalized spacial score (nSPS) is 16.1. The Labute approximate surface area is 163 Å². The number of unbranched alkanes of at least 4 members (excludes halogenated alkanes) is 2. The molecule has 1 aliphatic rings. The quantitative estimate of drug-likeness (QED) is 0.707. The molecule has 5 nitrogen and oxygen atoms in total. The summed E-state index contributed by atoms with van der Waals surface area (Å²) in [5, 5.41) is 3.03. The smallest absolute Gasteiger partial charge is 0.263 e. The van der Waals surface area contributed by atoms with Crippen LogP contribution in [0.2, 0.25) is 0 Å². The number of nitrogens with zero attached hydrogens (tertiary/aromatic N) is 1. The molecule has 150 valence electrons. The second-order valence-electron chi connectivity index (χ2n) is 7.56. The predicted octanol–water partition coefficient (Wildman–Crippen LogP) is 3.62. The zero-order chi connectivity index (χ0) is 19.8. The van der Waals surface area contributed by atoms with Crippen molar-refractivity contribution in [1.82, 2.24) is 10.2 Å². The number of amides is 2. The number of benzene rings is 1. The Morgan fingerprint density at radius 3 is 2.59 bits per heavy atom. The summed E-state index contributed by atoms with van der Waals surface area (Å²) in [4.78, 5) is 26.8. The molecule has 0 bridgehead atoms. The third-order valence-corrected chi connectivity index (χ3v) is 5.46. The van der Waals surface area contributed by atoms with Crippen LogP contribution in [-0.4, -0.2) is 42.5 Å². The fourth-order valence-electron chi connectivity index (χ4n) is 3.44. The van der Waals surface area contributed by atoms with Crippen LogP contribution in [-0.2, 0) is 9.59 Å². The van der Waals surface area contributed by atoms with Crippen molar-refractivity contribution in [3.05, 3.63) is 29.3 Å². The lowest BCUT2D eigenvalue weighted by Gasteiger charge is -2.33. The van der Waals surface area contributed by atoms with Gasteiger partial charge in [0.25, 0.3) is 5.91 Å². The molecule has 1 N–H and O–H groups in total. The molecule has 0 aromatic heterocycles. The molecule has 1 aromatic carbocycles. The highest BCUT2D eigenvalue weighted by Gasteiger charge is 2.30. The van der Waals surface area contributed by atoms with Crippen LogP contribution in [0.4, 0.5) is 0 Å². The number of likely N-dealkylation sites (tertiary alicyclic amines) is 1. The molecule has 2 amide bonds. The third kappa shape index (κ3) is 5.98. The molecule has 5 heteroatoms. The standard InChI is InChI=1S/C22H34N2O3/c1-5-6-7-13-23-21(25)19-11-14-24(15-12-19)22(26)18(4)27-20-10-8-9-16(2)17(20)3/h8-10,18-19H,5-7,11-15H2,1-4H3,(H,23,25)/t18-/m0/s1. The Morgan fingerprint density at radius 1 is 1.22 bits per heavy atom. The Morgan fingerprint density at radius 2 is 1.93 bits per heavy atom. The second-order valence-corrected chi connectivity index (χ2v) is 7.56. The fourth-order valence-corrected chi connectivity index (χ4v) is 3.44. The third-order valence-electron chi connectivity index (χ3n) is 5.46. The van der Waals surface area contributed by atoms with Crippen molar-refractivity contribution >= 4 is 11.8 Å². The Hall–Kier alpha value is -2.04. The average molecular weight is 375 g/mol. The summed E-state index contributed by atoms with van der Waals surface area (Å²) in [6, 6.07) is 5.88. The molecule has 0 radical (unpaired) electrons. The Kier molecular flexibility index (Phi) is 8.14. The van der Waals surface area contributed by atoms with Gasteiger partial charge < -0.3 is 15.0 Å². The van der Waals surface area contributed by atoms with Gasteiger partial charge in [0.2, 0.25) is 5.91 Å². The molecular weight excluding hydrogens is 340 g/mol. The maximum atomic E-state index is 12.7. The highest BCUT2D eigenvalue weighted by Crippen LogP contribution is 2.23. The van der Waals surface area contributed by atoms with Crippen LogP contribution >= 0.6 is 0 Å². The molecule has 0 unspecified atom stereocenters. The minimum atomic E-state index is -0.523. The first kappa shape index (κ1) is 21.3. The summed E-state index contributed by atoms with van der Waals surface area (Å²) in [6.45, 7) is 9.99. The number of piperidine rings is 1. The summed E-state index contributed by atoms with van der Waals surface area (Å²) < 4.78 is 5.92. The van der Waals surface area contributed by atoms with Crippen LogP contribution in [0.1, 0.15) is 57.1 Å². The summed E-state index contributed by atoms with van der Waals surface area (Å²) >= 11 is 0. The lowest BCUT2D eigenvalue weighted by molar-refractivity contribution is -0.141. The van der Waals surface area contributed by atoms with Gasteiger partial charge in [-0.1, -0.05) is 31.9 Å². The average Bonchev–Trinajstić information content (AvgIpc) is 2.68. The molecule has 0 aliphatic carbocycles. The summed E-state index contributed by atoms with van der Waals surface area (Å²) in [5.74, 6) is 0.915. The van der Waals surface area contributed by atoms with E-state index in [0.29, 0.717) is 13.1 Å². The molecule has 2 rings (SSSR count). The van der Waals surface area contributed by atoms with Crippen molar-refractivity contribution in [1.29, 1.82) is 0 Å². The number of ether oxygens (including phenoxy) is 1. The van der Waals surface area contributed by atoms with E-state index in [-0.39, 0.29) is 17.7 Å². The number of aryl methyl sites for hydroxylation is 1. The van der Waals surface area contributed by atoms with E-state index in [1.165, 1.54) is 0 Å². The van der Waals surface area contributed by atoms with Crippen LogP contribution in [0.25, 0.3) is 0 Å². The molecule has 1 atom stereocenters. The van der Waals surface area contributed by atoms with Crippen LogP contribution in [0.15, 0.2) is 18.2 Å². The van der Waals surface area contributed by atoms with E-state index in [1.807, 2.05) is 36.9 Å². The number of carbonyl (C=O) groups is 2. The van der Waals surface area contributed by atoms with E-state index in [2.05, 4.69) is 12.2 Å². The van der Waals surface area contributed by atoms with Crippen molar-refractivity contribution < 1.29 is 14.3 Å². The van der Waals surface area contributed by atoms with E-state index < -0.39 is 6.10 Å². The molecule has 1 heterocycles. The van der Waals surface area contributed by atoms with Crippen LogP contribution < -0.4 is 10.1 Å². The van der Waals surface area contributed by atoms with E-state index in [1.54, 1.807) is 6.92 Å². The van der Waals surface area contributed by atoms with E-state index in [0.717, 1.165) is 55.5 Å². The molecule has 1 aromatic rings. The molecule has 27 heavy (non-hydrogen) atoms. The molecule has 1 aliphatic heterocycles. The minimum absolute atomic E-state index is 0.00212. The van der Waals surface area contributed by atoms with Gasteiger partial charge in [0, 0.05) is 25.6 Å².